The van der Waals surface area contributed by atoms with Gasteiger partial charge in [0.15, 0.2) is 0 Å². The predicted molar refractivity (Wildman–Crippen MR) is 63.9 cm³/mol. The zero-order valence-electron chi connectivity index (χ0n) is 10.2. The molecule has 0 aromatic heterocycles. The Morgan fingerprint density at radius 2 is 2.20 bits per heavy atom. The van der Waals surface area contributed by atoms with Crippen LogP contribution in [0.4, 0.5) is 0 Å². The van der Waals surface area contributed by atoms with Crippen molar-refractivity contribution in [3.8, 4) is 0 Å². The van der Waals surface area contributed by atoms with Crippen LogP contribution in [-0.4, -0.2) is 31.8 Å². The van der Waals surface area contributed by atoms with E-state index in [2.05, 4.69) is 19.2 Å². The van der Waals surface area contributed by atoms with Gasteiger partial charge in [0.2, 0.25) is 0 Å². The Morgan fingerprint density at radius 3 is 2.80 bits per heavy atom. The quantitative estimate of drug-likeness (QED) is 0.602. The van der Waals surface area contributed by atoms with Gasteiger partial charge in [-0.05, 0) is 51.6 Å². The SMILES string of the molecule is CCOC1CC(NCCCC(C)CN)C1. The molecule has 1 saturated carbocycles. The minimum Gasteiger partial charge on any atom is -0.378 e. The highest BCUT2D eigenvalue weighted by Gasteiger charge is 2.28. The Kier molecular flexibility index (Phi) is 6.22. The summed E-state index contributed by atoms with van der Waals surface area (Å²) in [4.78, 5) is 0. The van der Waals surface area contributed by atoms with Crippen molar-refractivity contribution in [2.24, 2.45) is 11.7 Å². The van der Waals surface area contributed by atoms with Gasteiger partial charge in [-0.1, -0.05) is 6.92 Å². The fourth-order valence-electron chi connectivity index (χ4n) is 1.98. The number of hydrogen-bond acceptors (Lipinski definition) is 3. The topological polar surface area (TPSA) is 47.3 Å². The highest BCUT2D eigenvalue weighted by molar-refractivity contribution is 4.85. The van der Waals surface area contributed by atoms with Crippen LogP contribution in [-0.2, 0) is 4.74 Å². The van der Waals surface area contributed by atoms with E-state index >= 15 is 0 Å². The van der Waals surface area contributed by atoms with E-state index in [1.165, 1.54) is 25.7 Å². The van der Waals surface area contributed by atoms with Gasteiger partial charge in [-0.3, -0.25) is 0 Å². The van der Waals surface area contributed by atoms with Crippen LogP contribution in [0.25, 0.3) is 0 Å². The van der Waals surface area contributed by atoms with E-state index in [4.69, 9.17) is 10.5 Å². The molecule has 3 nitrogen and oxygen atoms in total. The van der Waals surface area contributed by atoms with Crippen molar-refractivity contribution >= 4 is 0 Å². The predicted octanol–water partition coefficient (Wildman–Crippen LogP) is 1.52. The third kappa shape index (κ3) is 4.96. The first-order valence-electron chi connectivity index (χ1n) is 6.31. The summed E-state index contributed by atoms with van der Waals surface area (Å²) in [6, 6.07) is 0.703. The summed E-state index contributed by atoms with van der Waals surface area (Å²) in [6.45, 7) is 7.08. The fraction of sp³-hybridized carbons (Fsp3) is 1.00. The van der Waals surface area contributed by atoms with Gasteiger partial charge in [0.25, 0.3) is 0 Å². The van der Waals surface area contributed by atoms with Crippen LogP contribution < -0.4 is 11.1 Å². The first kappa shape index (κ1) is 12.9. The van der Waals surface area contributed by atoms with Gasteiger partial charge < -0.3 is 15.8 Å². The maximum Gasteiger partial charge on any atom is 0.0604 e. The van der Waals surface area contributed by atoms with Gasteiger partial charge in [0, 0.05) is 12.6 Å². The molecule has 1 aliphatic carbocycles. The zero-order valence-corrected chi connectivity index (χ0v) is 10.2. The molecular weight excluding hydrogens is 188 g/mol. The highest BCUT2D eigenvalue weighted by Crippen LogP contribution is 2.23. The average Bonchev–Trinajstić information content (AvgIpc) is 2.19. The van der Waals surface area contributed by atoms with E-state index in [1.807, 2.05) is 0 Å². The number of ether oxygens (including phenoxy) is 1. The molecule has 1 fully saturated rings. The maximum atomic E-state index is 5.57. The van der Waals surface area contributed by atoms with E-state index in [-0.39, 0.29) is 0 Å². The Labute approximate surface area is 93.8 Å². The molecule has 0 saturated heterocycles. The lowest BCUT2D eigenvalue weighted by Gasteiger charge is -2.35. The Bertz CT molecular complexity index is 158. The second-order valence-corrected chi connectivity index (χ2v) is 4.68. The third-order valence-electron chi connectivity index (χ3n) is 3.21. The molecular formula is C12H26N2O. The Balaban J connectivity index is 1.86. The monoisotopic (exact) mass is 214 g/mol. The molecule has 0 bridgehead atoms. The van der Waals surface area contributed by atoms with Gasteiger partial charge in [0.05, 0.1) is 6.10 Å². The van der Waals surface area contributed by atoms with Crippen molar-refractivity contribution in [2.75, 3.05) is 19.7 Å². The molecule has 3 N–H and O–H groups in total. The molecule has 1 atom stereocenters. The molecule has 0 aliphatic heterocycles. The van der Waals surface area contributed by atoms with Crippen LogP contribution in [0.2, 0.25) is 0 Å². The third-order valence-corrected chi connectivity index (χ3v) is 3.21. The van der Waals surface area contributed by atoms with E-state index in [1.54, 1.807) is 0 Å². The van der Waals surface area contributed by atoms with Gasteiger partial charge >= 0.3 is 0 Å². The maximum absolute atomic E-state index is 5.57. The van der Waals surface area contributed by atoms with Crippen LogP contribution in [0.1, 0.15) is 39.5 Å². The van der Waals surface area contributed by atoms with Crippen molar-refractivity contribution in [3.63, 3.8) is 0 Å². The summed E-state index contributed by atoms with van der Waals surface area (Å²) in [5, 5.41) is 3.57. The van der Waals surface area contributed by atoms with Crippen molar-refractivity contribution < 1.29 is 4.74 Å². The molecule has 0 aromatic rings. The summed E-state index contributed by atoms with van der Waals surface area (Å²) in [7, 11) is 0. The minimum atomic E-state index is 0.524. The van der Waals surface area contributed by atoms with Crippen molar-refractivity contribution in [1.29, 1.82) is 0 Å². The van der Waals surface area contributed by atoms with E-state index in [0.717, 1.165) is 19.7 Å². The molecule has 1 rings (SSSR count). The van der Waals surface area contributed by atoms with Crippen molar-refractivity contribution in [1.82, 2.24) is 5.32 Å². The number of rotatable bonds is 8. The van der Waals surface area contributed by atoms with Crippen molar-refractivity contribution in [3.05, 3.63) is 0 Å². The first-order valence-corrected chi connectivity index (χ1v) is 6.31. The van der Waals surface area contributed by atoms with Crippen molar-refractivity contribution in [2.45, 2.75) is 51.7 Å². The van der Waals surface area contributed by atoms with Crippen LogP contribution in [0.15, 0.2) is 0 Å². The molecule has 3 heteroatoms. The zero-order chi connectivity index (χ0) is 11.1. The van der Waals surface area contributed by atoms with E-state index in [0.29, 0.717) is 18.1 Å². The lowest BCUT2D eigenvalue weighted by Crippen LogP contribution is -2.45. The van der Waals surface area contributed by atoms with E-state index < -0.39 is 0 Å². The molecule has 0 aromatic carbocycles. The highest BCUT2D eigenvalue weighted by atomic mass is 16.5. The molecule has 1 aliphatic rings. The number of hydrogen-bond donors (Lipinski definition) is 2. The minimum absolute atomic E-state index is 0.524. The van der Waals surface area contributed by atoms with Gasteiger partial charge in [-0.25, -0.2) is 0 Å². The van der Waals surface area contributed by atoms with Gasteiger partial charge in [-0.15, -0.1) is 0 Å². The van der Waals surface area contributed by atoms with Crippen LogP contribution in [0.5, 0.6) is 0 Å². The summed E-state index contributed by atoms with van der Waals surface area (Å²) in [6.07, 6.45) is 5.40. The molecule has 0 spiro atoms. The molecule has 15 heavy (non-hydrogen) atoms. The molecule has 90 valence electrons. The second kappa shape index (κ2) is 7.20. The standard InChI is InChI=1S/C12H26N2O/c1-3-15-12-7-11(8-12)14-6-4-5-10(2)9-13/h10-12,14H,3-9,13H2,1-2H3. The summed E-state index contributed by atoms with van der Waals surface area (Å²) in [5.74, 6) is 0.671. The molecule has 0 amide bonds. The summed E-state index contributed by atoms with van der Waals surface area (Å²) < 4.78 is 5.51. The normalized spacial score (nSPS) is 27.4. The summed E-state index contributed by atoms with van der Waals surface area (Å²) in [5.41, 5.74) is 5.57. The first-order chi connectivity index (χ1) is 7.26. The summed E-state index contributed by atoms with van der Waals surface area (Å²) >= 11 is 0. The van der Waals surface area contributed by atoms with E-state index in [9.17, 15) is 0 Å². The van der Waals surface area contributed by atoms with Crippen LogP contribution in [0, 0.1) is 5.92 Å². The lowest BCUT2D eigenvalue weighted by molar-refractivity contribution is -0.00979. The Hall–Kier alpha value is -0.120. The smallest absolute Gasteiger partial charge is 0.0604 e. The van der Waals surface area contributed by atoms with Gasteiger partial charge in [0.1, 0.15) is 0 Å². The number of nitrogens with one attached hydrogen (secondary N) is 1. The molecule has 0 radical (unpaired) electrons. The number of nitrogens with two attached hydrogens (primary N) is 1. The average molecular weight is 214 g/mol. The largest absolute Gasteiger partial charge is 0.378 e. The van der Waals surface area contributed by atoms with Crippen LogP contribution in [0.3, 0.4) is 0 Å². The van der Waals surface area contributed by atoms with Crippen LogP contribution >= 0.6 is 0 Å². The molecule has 1 unspecified atom stereocenters. The fourth-order valence-corrected chi connectivity index (χ4v) is 1.98. The van der Waals surface area contributed by atoms with Gasteiger partial charge in [-0.2, -0.15) is 0 Å². The Morgan fingerprint density at radius 1 is 1.47 bits per heavy atom. The molecule has 0 heterocycles. The lowest BCUT2D eigenvalue weighted by atomic mass is 9.89. The second-order valence-electron chi connectivity index (χ2n) is 4.68.